The molecule has 0 saturated carbocycles. The van der Waals surface area contributed by atoms with E-state index in [9.17, 15) is 0 Å². The van der Waals surface area contributed by atoms with Crippen LogP contribution in [-0.2, 0) is 0 Å². The van der Waals surface area contributed by atoms with Crippen LogP contribution in [0.1, 0.15) is 18.0 Å². The number of benzene rings is 1. The van der Waals surface area contributed by atoms with Gasteiger partial charge < -0.3 is 5.32 Å². The van der Waals surface area contributed by atoms with E-state index < -0.39 is 0 Å². The molecule has 17 heavy (non-hydrogen) atoms. The predicted octanol–water partition coefficient (Wildman–Crippen LogP) is 2.31. The van der Waals surface area contributed by atoms with Gasteiger partial charge in [-0.2, -0.15) is 5.26 Å². The quantitative estimate of drug-likeness (QED) is 0.930. The van der Waals surface area contributed by atoms with Crippen LogP contribution in [0.5, 0.6) is 0 Å². The van der Waals surface area contributed by atoms with Gasteiger partial charge in [0.05, 0.1) is 12.5 Å². The van der Waals surface area contributed by atoms with Crippen molar-refractivity contribution in [2.75, 3.05) is 26.2 Å². The molecule has 1 heterocycles. The van der Waals surface area contributed by atoms with Gasteiger partial charge in [0, 0.05) is 36.7 Å². The fourth-order valence-corrected chi connectivity index (χ4v) is 2.49. The first kappa shape index (κ1) is 12.6. The van der Waals surface area contributed by atoms with E-state index in [4.69, 9.17) is 5.26 Å². The second-order valence-electron chi connectivity index (χ2n) is 4.22. The van der Waals surface area contributed by atoms with Gasteiger partial charge >= 0.3 is 0 Å². The smallest absolute Gasteiger partial charge is 0.0641 e. The monoisotopic (exact) mass is 293 g/mol. The topological polar surface area (TPSA) is 39.1 Å². The molecule has 1 N–H and O–H groups in total. The molecule has 3 nitrogen and oxygen atoms in total. The summed E-state index contributed by atoms with van der Waals surface area (Å²) < 4.78 is 1.08. The molecule has 2 rings (SSSR count). The van der Waals surface area contributed by atoms with Crippen LogP contribution < -0.4 is 5.32 Å². The van der Waals surface area contributed by atoms with E-state index >= 15 is 0 Å². The highest BCUT2D eigenvalue weighted by atomic mass is 79.9. The minimum absolute atomic E-state index is 0.232. The molecule has 0 amide bonds. The molecule has 0 bridgehead atoms. The Labute approximate surface area is 111 Å². The lowest BCUT2D eigenvalue weighted by Gasteiger charge is -2.34. The zero-order valence-corrected chi connectivity index (χ0v) is 11.3. The van der Waals surface area contributed by atoms with Crippen molar-refractivity contribution in [1.82, 2.24) is 10.2 Å². The van der Waals surface area contributed by atoms with Crippen molar-refractivity contribution >= 4 is 15.9 Å². The minimum atomic E-state index is 0.232. The van der Waals surface area contributed by atoms with Gasteiger partial charge in [-0.1, -0.05) is 28.1 Å². The first-order valence-electron chi connectivity index (χ1n) is 5.88. The summed E-state index contributed by atoms with van der Waals surface area (Å²) in [4.78, 5) is 2.39. The highest BCUT2D eigenvalue weighted by Crippen LogP contribution is 2.25. The standard InChI is InChI=1S/C13H16BrN3/c14-12-3-1-11(2-4-12)13(5-6-15)17-9-7-16-8-10-17/h1-4,13,16H,5,7-10H2/t13-/m0/s1. The van der Waals surface area contributed by atoms with Gasteiger partial charge in [0.2, 0.25) is 0 Å². The molecule has 1 saturated heterocycles. The van der Waals surface area contributed by atoms with Crippen LogP contribution in [0.15, 0.2) is 28.7 Å². The lowest BCUT2D eigenvalue weighted by molar-refractivity contribution is 0.175. The zero-order valence-electron chi connectivity index (χ0n) is 9.69. The average Bonchev–Trinajstić information content (AvgIpc) is 2.38. The largest absolute Gasteiger partial charge is 0.314 e. The Morgan fingerprint density at radius 1 is 1.29 bits per heavy atom. The molecule has 1 atom stereocenters. The number of nitrogens with one attached hydrogen (secondary N) is 1. The Hall–Kier alpha value is -0.890. The van der Waals surface area contributed by atoms with E-state index in [2.05, 4.69) is 44.3 Å². The molecule has 0 aliphatic carbocycles. The second-order valence-corrected chi connectivity index (χ2v) is 5.13. The Morgan fingerprint density at radius 2 is 1.94 bits per heavy atom. The third kappa shape index (κ3) is 3.29. The lowest BCUT2D eigenvalue weighted by Crippen LogP contribution is -2.45. The molecular weight excluding hydrogens is 278 g/mol. The van der Waals surface area contributed by atoms with Gasteiger partial charge in [0.15, 0.2) is 0 Å². The Bertz CT molecular complexity index is 390. The number of piperazine rings is 1. The van der Waals surface area contributed by atoms with Crippen LogP contribution in [0, 0.1) is 11.3 Å². The van der Waals surface area contributed by atoms with E-state index in [0.29, 0.717) is 6.42 Å². The summed E-state index contributed by atoms with van der Waals surface area (Å²) in [5, 5.41) is 12.3. The van der Waals surface area contributed by atoms with E-state index in [-0.39, 0.29) is 6.04 Å². The Morgan fingerprint density at radius 3 is 2.53 bits per heavy atom. The van der Waals surface area contributed by atoms with Gasteiger partial charge in [0.1, 0.15) is 0 Å². The maximum Gasteiger partial charge on any atom is 0.0641 e. The number of nitrogens with zero attached hydrogens (tertiary/aromatic N) is 2. The molecule has 0 unspecified atom stereocenters. The Balaban J connectivity index is 2.15. The third-order valence-electron chi connectivity index (χ3n) is 3.13. The van der Waals surface area contributed by atoms with Crippen molar-refractivity contribution in [3.63, 3.8) is 0 Å². The molecule has 1 aliphatic rings. The summed E-state index contributed by atoms with van der Waals surface area (Å²) in [7, 11) is 0. The second kappa shape index (κ2) is 6.15. The first-order chi connectivity index (χ1) is 8.31. The summed E-state index contributed by atoms with van der Waals surface area (Å²) in [5.74, 6) is 0. The maximum atomic E-state index is 8.98. The molecule has 4 heteroatoms. The highest BCUT2D eigenvalue weighted by Gasteiger charge is 2.21. The Kier molecular flexibility index (Phi) is 4.55. The van der Waals surface area contributed by atoms with Crippen molar-refractivity contribution in [2.24, 2.45) is 0 Å². The lowest BCUT2D eigenvalue weighted by atomic mass is 10.0. The third-order valence-corrected chi connectivity index (χ3v) is 3.66. The van der Waals surface area contributed by atoms with Crippen LogP contribution >= 0.6 is 15.9 Å². The van der Waals surface area contributed by atoms with Crippen molar-refractivity contribution in [3.8, 4) is 6.07 Å². The van der Waals surface area contributed by atoms with Crippen molar-refractivity contribution in [2.45, 2.75) is 12.5 Å². The molecule has 0 spiro atoms. The molecule has 1 aromatic rings. The van der Waals surface area contributed by atoms with Gasteiger partial charge in [-0.05, 0) is 17.7 Å². The number of nitriles is 1. The van der Waals surface area contributed by atoms with Crippen molar-refractivity contribution in [3.05, 3.63) is 34.3 Å². The minimum Gasteiger partial charge on any atom is -0.314 e. The van der Waals surface area contributed by atoms with E-state index in [1.54, 1.807) is 0 Å². The van der Waals surface area contributed by atoms with E-state index in [1.807, 2.05) is 12.1 Å². The van der Waals surface area contributed by atoms with Crippen LogP contribution in [0.2, 0.25) is 0 Å². The number of halogens is 1. The maximum absolute atomic E-state index is 8.98. The number of hydrogen-bond acceptors (Lipinski definition) is 3. The number of hydrogen-bond donors (Lipinski definition) is 1. The van der Waals surface area contributed by atoms with Crippen LogP contribution in [0.4, 0.5) is 0 Å². The van der Waals surface area contributed by atoms with E-state index in [1.165, 1.54) is 5.56 Å². The molecule has 90 valence electrons. The molecule has 1 aliphatic heterocycles. The van der Waals surface area contributed by atoms with Crippen molar-refractivity contribution < 1.29 is 0 Å². The van der Waals surface area contributed by atoms with Gasteiger partial charge in [0.25, 0.3) is 0 Å². The zero-order chi connectivity index (χ0) is 12.1. The normalized spacial score (nSPS) is 18.6. The average molecular weight is 294 g/mol. The van der Waals surface area contributed by atoms with Crippen LogP contribution in [0.25, 0.3) is 0 Å². The highest BCUT2D eigenvalue weighted by molar-refractivity contribution is 9.10. The molecule has 1 aromatic carbocycles. The fourth-order valence-electron chi connectivity index (χ4n) is 2.22. The van der Waals surface area contributed by atoms with Crippen LogP contribution in [-0.4, -0.2) is 31.1 Å². The first-order valence-corrected chi connectivity index (χ1v) is 6.68. The predicted molar refractivity (Wildman–Crippen MR) is 71.6 cm³/mol. The molecular formula is C13H16BrN3. The summed E-state index contributed by atoms with van der Waals surface area (Å²) in [5.41, 5.74) is 1.23. The molecule has 0 radical (unpaired) electrons. The molecule has 1 fully saturated rings. The van der Waals surface area contributed by atoms with Crippen molar-refractivity contribution in [1.29, 1.82) is 5.26 Å². The summed E-state index contributed by atoms with van der Waals surface area (Å²) in [6, 6.07) is 10.8. The SMILES string of the molecule is N#CC[C@@H](c1ccc(Br)cc1)N1CCNCC1. The number of rotatable bonds is 3. The molecule has 0 aromatic heterocycles. The van der Waals surface area contributed by atoms with Gasteiger partial charge in [-0.25, -0.2) is 0 Å². The van der Waals surface area contributed by atoms with Crippen LogP contribution in [0.3, 0.4) is 0 Å². The van der Waals surface area contributed by atoms with E-state index in [0.717, 1.165) is 30.7 Å². The fraction of sp³-hybridized carbons (Fsp3) is 0.462. The van der Waals surface area contributed by atoms with Gasteiger partial charge in [-0.3, -0.25) is 4.90 Å². The van der Waals surface area contributed by atoms with Gasteiger partial charge in [-0.15, -0.1) is 0 Å². The summed E-state index contributed by atoms with van der Waals surface area (Å²) in [6.45, 7) is 4.06. The summed E-state index contributed by atoms with van der Waals surface area (Å²) in [6.07, 6.45) is 0.557. The summed E-state index contributed by atoms with van der Waals surface area (Å²) >= 11 is 3.44.